The highest BCUT2D eigenvalue weighted by molar-refractivity contribution is 6.42. The van der Waals surface area contributed by atoms with Crippen molar-refractivity contribution in [3.8, 4) is 0 Å². The molecule has 2 heterocycles. The molecule has 0 amide bonds. The van der Waals surface area contributed by atoms with Crippen LogP contribution in [0.1, 0.15) is 24.0 Å². The molecular formula is C17H19Cl2N3. The van der Waals surface area contributed by atoms with Gasteiger partial charge in [-0.25, -0.2) is 0 Å². The van der Waals surface area contributed by atoms with Gasteiger partial charge in [-0.3, -0.25) is 4.68 Å². The van der Waals surface area contributed by atoms with E-state index in [2.05, 4.69) is 40.4 Å². The van der Waals surface area contributed by atoms with Gasteiger partial charge in [-0.2, -0.15) is 5.10 Å². The lowest BCUT2D eigenvalue weighted by Gasteiger charge is -2.32. The highest BCUT2D eigenvalue weighted by Crippen LogP contribution is 2.68. The molecule has 1 N–H and O–H groups in total. The minimum Gasteiger partial charge on any atom is -0.316 e. The fourth-order valence-corrected chi connectivity index (χ4v) is 4.52. The first kappa shape index (κ1) is 14.6. The monoisotopic (exact) mass is 335 g/mol. The Morgan fingerprint density at radius 3 is 2.91 bits per heavy atom. The number of aromatic nitrogens is 2. The standard InChI is InChI=1S/C17H19Cl2N3/c1-12-7-21-22(8-12)11-16-9-17(16,4-5-20-10-16)13-2-3-14(18)15(19)6-13/h2-3,6-8,20H,4-5,9-11H2,1H3. The van der Waals surface area contributed by atoms with E-state index in [0.717, 1.165) is 26.1 Å². The number of fused-ring (bicyclic) bond motifs is 1. The van der Waals surface area contributed by atoms with E-state index in [1.165, 1.54) is 17.5 Å². The van der Waals surface area contributed by atoms with E-state index in [1.54, 1.807) is 0 Å². The van der Waals surface area contributed by atoms with E-state index in [1.807, 2.05) is 12.3 Å². The molecule has 2 fully saturated rings. The molecule has 0 radical (unpaired) electrons. The molecule has 1 saturated heterocycles. The SMILES string of the molecule is Cc1cnn(CC23CNCCC2(c2ccc(Cl)c(Cl)c2)C3)c1. The van der Waals surface area contributed by atoms with Crippen molar-refractivity contribution in [1.82, 2.24) is 15.1 Å². The number of halogens is 2. The summed E-state index contributed by atoms with van der Waals surface area (Å²) < 4.78 is 2.08. The molecule has 0 spiro atoms. The van der Waals surface area contributed by atoms with Gasteiger partial charge in [0.1, 0.15) is 0 Å². The fraction of sp³-hybridized carbons (Fsp3) is 0.471. The van der Waals surface area contributed by atoms with Gasteiger partial charge in [-0.05, 0) is 49.6 Å². The van der Waals surface area contributed by atoms with Gasteiger partial charge >= 0.3 is 0 Å². The van der Waals surface area contributed by atoms with Gasteiger partial charge in [0, 0.05) is 30.1 Å². The van der Waals surface area contributed by atoms with Gasteiger partial charge in [-0.15, -0.1) is 0 Å². The number of aryl methyl sites for hydroxylation is 1. The Bertz CT molecular complexity index is 726. The van der Waals surface area contributed by atoms with E-state index < -0.39 is 0 Å². The Morgan fingerprint density at radius 2 is 2.18 bits per heavy atom. The van der Waals surface area contributed by atoms with Crippen molar-refractivity contribution >= 4 is 23.2 Å². The molecule has 4 rings (SSSR count). The summed E-state index contributed by atoms with van der Waals surface area (Å²) >= 11 is 12.3. The van der Waals surface area contributed by atoms with Gasteiger partial charge in [0.15, 0.2) is 0 Å². The number of hydrogen-bond acceptors (Lipinski definition) is 2. The predicted molar refractivity (Wildman–Crippen MR) is 89.6 cm³/mol. The molecule has 1 aliphatic carbocycles. The van der Waals surface area contributed by atoms with Crippen molar-refractivity contribution < 1.29 is 0 Å². The molecule has 1 aliphatic heterocycles. The average molecular weight is 336 g/mol. The number of nitrogens with zero attached hydrogens (tertiary/aromatic N) is 2. The van der Waals surface area contributed by atoms with Crippen LogP contribution in [-0.4, -0.2) is 22.9 Å². The second kappa shape index (κ2) is 4.98. The highest BCUT2D eigenvalue weighted by atomic mass is 35.5. The first-order valence-electron chi connectivity index (χ1n) is 7.70. The summed E-state index contributed by atoms with van der Waals surface area (Å²) in [4.78, 5) is 0. The van der Waals surface area contributed by atoms with Crippen LogP contribution < -0.4 is 5.32 Å². The number of hydrogen-bond donors (Lipinski definition) is 1. The summed E-state index contributed by atoms with van der Waals surface area (Å²) in [5, 5.41) is 9.33. The minimum atomic E-state index is 0.215. The van der Waals surface area contributed by atoms with Crippen LogP contribution >= 0.6 is 23.2 Å². The Kier molecular flexibility index (Phi) is 3.30. The average Bonchev–Trinajstić information content (AvgIpc) is 3.01. The molecule has 2 aromatic rings. The molecule has 22 heavy (non-hydrogen) atoms. The van der Waals surface area contributed by atoms with Crippen molar-refractivity contribution in [2.45, 2.75) is 31.7 Å². The van der Waals surface area contributed by atoms with Crippen LogP contribution in [0.2, 0.25) is 10.0 Å². The fourth-order valence-electron chi connectivity index (χ4n) is 4.22. The molecule has 2 unspecified atom stereocenters. The van der Waals surface area contributed by atoms with E-state index >= 15 is 0 Å². The maximum Gasteiger partial charge on any atom is 0.0595 e. The second-order valence-corrected chi connectivity index (χ2v) is 7.62. The minimum absolute atomic E-state index is 0.215. The molecule has 3 nitrogen and oxygen atoms in total. The molecule has 5 heteroatoms. The van der Waals surface area contributed by atoms with Crippen molar-refractivity contribution in [2.75, 3.05) is 13.1 Å². The summed E-state index contributed by atoms with van der Waals surface area (Å²) in [5.41, 5.74) is 2.99. The first-order valence-corrected chi connectivity index (χ1v) is 8.46. The summed E-state index contributed by atoms with van der Waals surface area (Å²) in [6.07, 6.45) is 6.38. The van der Waals surface area contributed by atoms with E-state index in [0.29, 0.717) is 10.0 Å². The van der Waals surface area contributed by atoms with Crippen LogP contribution in [0, 0.1) is 12.3 Å². The number of benzene rings is 1. The van der Waals surface area contributed by atoms with Crippen LogP contribution in [0.4, 0.5) is 0 Å². The normalized spacial score (nSPS) is 30.1. The van der Waals surface area contributed by atoms with Crippen molar-refractivity contribution in [1.29, 1.82) is 0 Å². The lowest BCUT2D eigenvalue weighted by atomic mass is 9.81. The van der Waals surface area contributed by atoms with Gasteiger partial charge in [-0.1, -0.05) is 29.3 Å². The van der Waals surface area contributed by atoms with Gasteiger partial charge < -0.3 is 5.32 Å². The molecule has 0 bridgehead atoms. The molecule has 2 atom stereocenters. The molecule has 1 aromatic carbocycles. The van der Waals surface area contributed by atoms with Crippen LogP contribution in [-0.2, 0) is 12.0 Å². The maximum absolute atomic E-state index is 6.26. The molecule has 1 aromatic heterocycles. The Hall–Kier alpha value is -1.03. The Labute approximate surface area is 140 Å². The lowest BCUT2D eigenvalue weighted by molar-refractivity contribution is 0.275. The molecular weight excluding hydrogens is 317 g/mol. The van der Waals surface area contributed by atoms with Crippen LogP contribution in [0.25, 0.3) is 0 Å². The van der Waals surface area contributed by atoms with Crippen LogP contribution in [0.5, 0.6) is 0 Å². The molecule has 1 saturated carbocycles. The zero-order valence-corrected chi connectivity index (χ0v) is 14.1. The zero-order valence-electron chi connectivity index (χ0n) is 12.6. The quantitative estimate of drug-likeness (QED) is 0.923. The van der Waals surface area contributed by atoms with E-state index in [4.69, 9.17) is 23.2 Å². The Morgan fingerprint density at radius 1 is 1.32 bits per heavy atom. The summed E-state index contributed by atoms with van der Waals surface area (Å²) in [5.74, 6) is 0. The smallest absolute Gasteiger partial charge is 0.0595 e. The highest BCUT2D eigenvalue weighted by Gasteiger charge is 2.68. The van der Waals surface area contributed by atoms with Crippen molar-refractivity contribution in [2.24, 2.45) is 5.41 Å². The van der Waals surface area contributed by atoms with Gasteiger partial charge in [0.05, 0.1) is 16.2 Å². The maximum atomic E-state index is 6.26. The predicted octanol–water partition coefficient (Wildman–Crippen LogP) is 3.82. The number of piperidine rings is 1. The molecule has 2 aliphatic rings. The van der Waals surface area contributed by atoms with E-state index in [-0.39, 0.29) is 10.8 Å². The Balaban J connectivity index is 1.69. The first-order chi connectivity index (χ1) is 10.5. The third-order valence-electron chi connectivity index (χ3n) is 5.42. The largest absolute Gasteiger partial charge is 0.316 e. The van der Waals surface area contributed by atoms with Crippen LogP contribution in [0.3, 0.4) is 0 Å². The number of rotatable bonds is 3. The molecule has 116 valence electrons. The third-order valence-corrected chi connectivity index (χ3v) is 6.16. The van der Waals surface area contributed by atoms with Gasteiger partial charge in [0.25, 0.3) is 0 Å². The van der Waals surface area contributed by atoms with Crippen molar-refractivity contribution in [3.63, 3.8) is 0 Å². The zero-order chi connectivity index (χ0) is 15.4. The van der Waals surface area contributed by atoms with Crippen LogP contribution in [0.15, 0.2) is 30.6 Å². The van der Waals surface area contributed by atoms with Gasteiger partial charge in [0.2, 0.25) is 0 Å². The van der Waals surface area contributed by atoms with Crippen molar-refractivity contribution in [3.05, 3.63) is 51.8 Å². The summed E-state index contributed by atoms with van der Waals surface area (Å²) in [6.45, 7) is 5.12. The number of nitrogens with one attached hydrogen (secondary N) is 1. The topological polar surface area (TPSA) is 29.9 Å². The summed E-state index contributed by atoms with van der Waals surface area (Å²) in [7, 11) is 0. The lowest BCUT2D eigenvalue weighted by Crippen LogP contribution is -2.40. The second-order valence-electron chi connectivity index (χ2n) is 6.81. The summed E-state index contributed by atoms with van der Waals surface area (Å²) in [6, 6.07) is 6.14. The van der Waals surface area contributed by atoms with E-state index in [9.17, 15) is 0 Å². The third kappa shape index (κ3) is 2.10.